The quantitative estimate of drug-likeness (QED) is 0.751. The van der Waals surface area contributed by atoms with Gasteiger partial charge in [0.15, 0.2) is 0 Å². The van der Waals surface area contributed by atoms with Gasteiger partial charge in [0.25, 0.3) is 5.91 Å². The number of methoxy groups -OCH3 is 1. The number of nitrogens with zero attached hydrogens (tertiary/aromatic N) is 3. The van der Waals surface area contributed by atoms with E-state index < -0.39 is 5.82 Å². The molecule has 0 bridgehead atoms. The van der Waals surface area contributed by atoms with Crippen LogP contribution in [0.1, 0.15) is 21.7 Å². The molecule has 0 fully saturated rings. The Labute approximate surface area is 127 Å². The van der Waals surface area contributed by atoms with E-state index in [2.05, 4.69) is 16.8 Å². The molecule has 0 radical (unpaired) electrons. The molecule has 1 aromatic carbocycles. The van der Waals surface area contributed by atoms with Gasteiger partial charge in [-0.2, -0.15) is 0 Å². The van der Waals surface area contributed by atoms with Crippen LogP contribution in [0, 0.1) is 17.7 Å². The third-order valence-electron chi connectivity index (χ3n) is 3.47. The van der Waals surface area contributed by atoms with Crippen molar-refractivity contribution in [3.05, 3.63) is 47.3 Å². The average molecular weight is 299 g/mol. The maximum atomic E-state index is 13.5. The summed E-state index contributed by atoms with van der Waals surface area (Å²) in [5.41, 5.74) is 2.31. The second-order valence-corrected chi connectivity index (χ2v) is 4.97. The molecule has 0 aliphatic carbocycles. The third-order valence-corrected chi connectivity index (χ3v) is 3.47. The van der Waals surface area contributed by atoms with Crippen molar-refractivity contribution in [2.24, 2.45) is 0 Å². The smallest absolute Gasteiger partial charge is 0.256 e. The van der Waals surface area contributed by atoms with Crippen molar-refractivity contribution in [3.8, 4) is 17.5 Å². The van der Waals surface area contributed by atoms with Crippen LogP contribution in [-0.4, -0.2) is 41.1 Å². The molecule has 1 aliphatic heterocycles. The highest BCUT2D eigenvalue weighted by Crippen LogP contribution is 2.25. The number of amides is 1. The molecular formula is C16H14FN3O2. The second-order valence-electron chi connectivity index (χ2n) is 4.97. The molecule has 0 atom stereocenters. The summed E-state index contributed by atoms with van der Waals surface area (Å²) in [5.74, 6) is 5.13. The fraction of sp³-hybridized carbons (Fsp3) is 0.250. The van der Waals surface area contributed by atoms with Gasteiger partial charge >= 0.3 is 0 Å². The predicted octanol–water partition coefficient (Wildman–Crippen LogP) is 1.59. The van der Waals surface area contributed by atoms with Crippen molar-refractivity contribution >= 4 is 5.91 Å². The number of carbonyl (C=O) groups excluding carboxylic acids is 1. The Kier molecular flexibility index (Phi) is 3.65. The topological polar surface area (TPSA) is 47.4 Å². The number of ether oxygens (including phenoxy) is 1. The monoisotopic (exact) mass is 299 g/mol. The maximum Gasteiger partial charge on any atom is 0.256 e. The lowest BCUT2D eigenvalue weighted by molar-refractivity contribution is 0.0787. The van der Waals surface area contributed by atoms with Gasteiger partial charge in [0.2, 0.25) is 0 Å². The normalized spacial score (nSPS) is 13.0. The highest BCUT2D eigenvalue weighted by atomic mass is 19.1. The Balaban J connectivity index is 2.16. The Hall–Kier alpha value is -2.65. The van der Waals surface area contributed by atoms with E-state index in [0.29, 0.717) is 30.1 Å². The van der Waals surface area contributed by atoms with Crippen LogP contribution in [0.2, 0.25) is 0 Å². The Bertz CT molecular complexity index is 801. The van der Waals surface area contributed by atoms with Crippen molar-refractivity contribution in [3.63, 3.8) is 0 Å². The van der Waals surface area contributed by atoms with E-state index in [1.807, 2.05) is 0 Å². The summed E-state index contributed by atoms with van der Waals surface area (Å²) in [4.78, 5) is 18.2. The molecule has 5 nitrogen and oxygen atoms in total. The maximum absolute atomic E-state index is 13.5. The minimum Gasteiger partial charge on any atom is -0.372 e. The van der Waals surface area contributed by atoms with Gasteiger partial charge in [-0.25, -0.2) is 9.37 Å². The molecule has 6 heteroatoms. The molecule has 0 saturated heterocycles. The summed E-state index contributed by atoms with van der Waals surface area (Å²) in [6.45, 7) is 0.662. The lowest BCUT2D eigenvalue weighted by Crippen LogP contribution is -2.25. The van der Waals surface area contributed by atoms with Crippen LogP contribution in [0.3, 0.4) is 0 Å². The van der Waals surface area contributed by atoms with Crippen molar-refractivity contribution in [1.29, 1.82) is 0 Å². The van der Waals surface area contributed by atoms with E-state index in [9.17, 15) is 9.18 Å². The van der Waals surface area contributed by atoms with Gasteiger partial charge in [-0.3, -0.25) is 9.36 Å². The molecule has 22 heavy (non-hydrogen) atoms. The first-order valence-electron chi connectivity index (χ1n) is 6.71. The largest absolute Gasteiger partial charge is 0.372 e. The molecule has 2 aromatic rings. The first-order valence-corrected chi connectivity index (χ1v) is 6.71. The predicted molar refractivity (Wildman–Crippen MR) is 78.1 cm³/mol. The van der Waals surface area contributed by atoms with Crippen LogP contribution in [-0.2, 0) is 11.3 Å². The van der Waals surface area contributed by atoms with Crippen LogP contribution in [0.4, 0.5) is 4.39 Å². The van der Waals surface area contributed by atoms with E-state index in [-0.39, 0.29) is 5.91 Å². The molecular weight excluding hydrogens is 285 g/mol. The third kappa shape index (κ3) is 2.36. The van der Waals surface area contributed by atoms with Gasteiger partial charge in [-0.05, 0) is 24.1 Å². The first kappa shape index (κ1) is 14.3. The standard InChI is InChI=1S/C16H14FN3O2/c1-19-9-15-13(4-3-7-22-2)18-10-20(15)14-6-5-11(17)8-12(14)16(19)21/h5-6,8,10H,7,9H2,1-2H3. The summed E-state index contributed by atoms with van der Waals surface area (Å²) in [5, 5.41) is 0. The molecule has 3 rings (SSSR count). The van der Waals surface area contributed by atoms with E-state index in [0.717, 1.165) is 5.69 Å². The van der Waals surface area contributed by atoms with Gasteiger partial charge in [0.1, 0.15) is 24.4 Å². The molecule has 0 spiro atoms. The van der Waals surface area contributed by atoms with Gasteiger partial charge in [0.05, 0.1) is 23.5 Å². The van der Waals surface area contributed by atoms with Gasteiger partial charge in [-0.1, -0.05) is 5.92 Å². The molecule has 0 saturated carbocycles. The van der Waals surface area contributed by atoms with Gasteiger partial charge in [-0.15, -0.1) is 0 Å². The number of rotatable bonds is 1. The lowest BCUT2D eigenvalue weighted by Gasteiger charge is -2.13. The summed E-state index contributed by atoms with van der Waals surface area (Å²) < 4.78 is 20.2. The Morgan fingerprint density at radius 2 is 2.27 bits per heavy atom. The van der Waals surface area contributed by atoms with Crippen molar-refractivity contribution in [2.75, 3.05) is 20.8 Å². The fourth-order valence-electron chi connectivity index (χ4n) is 2.42. The van der Waals surface area contributed by atoms with Crippen LogP contribution < -0.4 is 0 Å². The molecule has 112 valence electrons. The summed E-state index contributed by atoms with van der Waals surface area (Å²) in [6, 6.07) is 4.16. The van der Waals surface area contributed by atoms with Crippen molar-refractivity contribution in [2.45, 2.75) is 6.54 Å². The minimum atomic E-state index is -0.441. The SMILES string of the molecule is COCC#Cc1ncn2c1CN(C)C(=O)c1cc(F)ccc1-2. The number of aromatic nitrogens is 2. The van der Waals surface area contributed by atoms with Crippen LogP contribution in [0.25, 0.3) is 5.69 Å². The number of hydrogen-bond acceptors (Lipinski definition) is 3. The highest BCUT2D eigenvalue weighted by Gasteiger charge is 2.26. The average Bonchev–Trinajstić information content (AvgIpc) is 2.85. The molecule has 1 amide bonds. The lowest BCUT2D eigenvalue weighted by atomic mass is 10.1. The Morgan fingerprint density at radius 1 is 1.45 bits per heavy atom. The highest BCUT2D eigenvalue weighted by molar-refractivity contribution is 5.98. The van der Waals surface area contributed by atoms with E-state index >= 15 is 0 Å². The number of hydrogen-bond donors (Lipinski definition) is 0. The zero-order chi connectivity index (χ0) is 15.7. The van der Waals surface area contributed by atoms with Crippen molar-refractivity contribution < 1.29 is 13.9 Å². The molecule has 1 aromatic heterocycles. The zero-order valence-corrected chi connectivity index (χ0v) is 12.3. The number of halogens is 1. The Morgan fingerprint density at radius 3 is 3.05 bits per heavy atom. The first-order chi connectivity index (χ1) is 10.6. The number of carbonyl (C=O) groups is 1. The summed E-state index contributed by atoms with van der Waals surface area (Å²) in [6.07, 6.45) is 1.61. The van der Waals surface area contributed by atoms with Crippen LogP contribution in [0.15, 0.2) is 24.5 Å². The summed E-state index contributed by atoms with van der Waals surface area (Å²) >= 11 is 0. The molecule has 1 aliphatic rings. The second kappa shape index (κ2) is 5.62. The van der Waals surface area contributed by atoms with Crippen LogP contribution in [0.5, 0.6) is 0 Å². The number of fused-ring (bicyclic) bond motifs is 3. The number of imidazole rings is 1. The van der Waals surface area contributed by atoms with Gasteiger partial charge < -0.3 is 9.64 Å². The molecule has 2 heterocycles. The zero-order valence-electron chi connectivity index (χ0n) is 12.3. The van der Waals surface area contributed by atoms with E-state index in [4.69, 9.17) is 4.74 Å². The van der Waals surface area contributed by atoms with Crippen LogP contribution >= 0.6 is 0 Å². The molecule has 0 unspecified atom stereocenters. The summed E-state index contributed by atoms with van der Waals surface area (Å²) in [7, 11) is 3.24. The van der Waals surface area contributed by atoms with E-state index in [1.165, 1.54) is 17.0 Å². The number of benzene rings is 1. The van der Waals surface area contributed by atoms with E-state index in [1.54, 1.807) is 31.1 Å². The fourth-order valence-corrected chi connectivity index (χ4v) is 2.42. The molecule has 0 N–H and O–H groups in total. The van der Waals surface area contributed by atoms with Gasteiger partial charge in [0, 0.05) is 14.2 Å². The minimum absolute atomic E-state index is 0.228. The van der Waals surface area contributed by atoms with Crippen molar-refractivity contribution in [1.82, 2.24) is 14.5 Å².